The van der Waals surface area contributed by atoms with Crippen LogP contribution in [0.25, 0.3) is 0 Å². The molecule has 1 aromatic carbocycles. The second-order valence-electron chi connectivity index (χ2n) is 4.72. The molecule has 0 unspecified atom stereocenters. The topological polar surface area (TPSA) is 103 Å². The Morgan fingerprint density at radius 2 is 2.00 bits per heavy atom. The van der Waals surface area contributed by atoms with Gasteiger partial charge >= 0.3 is 0 Å². The van der Waals surface area contributed by atoms with Crippen molar-refractivity contribution in [2.24, 2.45) is 5.73 Å². The van der Waals surface area contributed by atoms with Crippen LogP contribution in [0.3, 0.4) is 0 Å². The van der Waals surface area contributed by atoms with E-state index < -0.39 is 0 Å². The first-order valence-corrected chi connectivity index (χ1v) is 6.94. The van der Waals surface area contributed by atoms with Crippen LogP contribution < -0.4 is 11.1 Å². The number of nitrogens with one attached hydrogen (secondary N) is 1. The maximum atomic E-state index is 5.54. The van der Waals surface area contributed by atoms with Gasteiger partial charge in [0.1, 0.15) is 12.1 Å². The Balaban J connectivity index is 1.59. The number of aromatic nitrogens is 4. The van der Waals surface area contributed by atoms with Gasteiger partial charge in [-0.15, -0.1) is 0 Å². The number of hydrogen-bond donors (Lipinski definition) is 2. The van der Waals surface area contributed by atoms with Gasteiger partial charge < -0.3 is 15.6 Å². The number of nitrogens with two attached hydrogens (primary N) is 1. The van der Waals surface area contributed by atoms with Gasteiger partial charge in [0.25, 0.3) is 0 Å². The van der Waals surface area contributed by atoms with E-state index in [2.05, 4.69) is 25.4 Å². The van der Waals surface area contributed by atoms with Crippen LogP contribution >= 0.6 is 0 Å². The van der Waals surface area contributed by atoms with Gasteiger partial charge in [0, 0.05) is 19.0 Å². The van der Waals surface area contributed by atoms with E-state index in [1.165, 1.54) is 6.33 Å². The zero-order valence-corrected chi connectivity index (χ0v) is 11.9. The molecule has 0 bridgehead atoms. The summed E-state index contributed by atoms with van der Waals surface area (Å²) in [5.74, 6) is 1.85. The minimum atomic E-state index is 0.374. The summed E-state index contributed by atoms with van der Waals surface area (Å²) in [5.41, 5.74) is 7.46. The monoisotopic (exact) mass is 296 g/mol. The fourth-order valence-electron chi connectivity index (χ4n) is 1.98. The molecular weight excluding hydrogens is 280 g/mol. The molecule has 2 heterocycles. The average molecular weight is 296 g/mol. The minimum absolute atomic E-state index is 0.374. The molecule has 0 atom stereocenters. The number of rotatable bonds is 6. The standard InChI is InChI=1S/C15H16N6O/c16-8-12-7-13(19-10-18-12)17-9-15-20-14(21-22-15)6-11-4-2-1-3-5-11/h1-5,7,10H,6,8-9,16H2,(H,17,18,19). The first-order chi connectivity index (χ1) is 10.8. The first kappa shape index (κ1) is 14.2. The van der Waals surface area contributed by atoms with Crippen molar-refractivity contribution in [3.63, 3.8) is 0 Å². The first-order valence-electron chi connectivity index (χ1n) is 6.94. The zero-order valence-electron chi connectivity index (χ0n) is 11.9. The molecule has 112 valence electrons. The lowest BCUT2D eigenvalue weighted by Crippen LogP contribution is -2.05. The van der Waals surface area contributed by atoms with Crippen molar-refractivity contribution >= 4 is 5.82 Å². The summed E-state index contributed by atoms with van der Waals surface area (Å²) < 4.78 is 5.22. The van der Waals surface area contributed by atoms with Gasteiger partial charge in [0.2, 0.25) is 5.89 Å². The van der Waals surface area contributed by atoms with E-state index in [4.69, 9.17) is 10.3 Å². The molecule has 3 aromatic rings. The Morgan fingerprint density at radius 1 is 1.14 bits per heavy atom. The Bertz CT molecular complexity index is 728. The van der Waals surface area contributed by atoms with Gasteiger partial charge in [-0.1, -0.05) is 35.5 Å². The largest absolute Gasteiger partial charge is 0.361 e. The smallest absolute Gasteiger partial charge is 0.245 e. The summed E-state index contributed by atoms with van der Waals surface area (Å²) in [6.07, 6.45) is 2.12. The third kappa shape index (κ3) is 3.64. The lowest BCUT2D eigenvalue weighted by molar-refractivity contribution is 0.378. The van der Waals surface area contributed by atoms with Crippen LogP contribution in [0, 0.1) is 0 Å². The highest BCUT2D eigenvalue weighted by Crippen LogP contribution is 2.09. The third-order valence-corrected chi connectivity index (χ3v) is 3.07. The van der Waals surface area contributed by atoms with E-state index in [-0.39, 0.29) is 0 Å². The van der Waals surface area contributed by atoms with Crippen molar-refractivity contribution in [1.82, 2.24) is 20.1 Å². The fourth-order valence-corrected chi connectivity index (χ4v) is 1.98. The van der Waals surface area contributed by atoms with E-state index in [0.717, 1.165) is 11.3 Å². The van der Waals surface area contributed by atoms with Crippen LogP contribution in [0.2, 0.25) is 0 Å². The molecule has 22 heavy (non-hydrogen) atoms. The fraction of sp³-hybridized carbons (Fsp3) is 0.200. The van der Waals surface area contributed by atoms with Crippen LogP contribution in [0.1, 0.15) is 23.0 Å². The lowest BCUT2D eigenvalue weighted by Gasteiger charge is -2.02. The maximum Gasteiger partial charge on any atom is 0.245 e. The summed E-state index contributed by atoms with van der Waals surface area (Å²) >= 11 is 0. The van der Waals surface area contributed by atoms with Crippen molar-refractivity contribution < 1.29 is 4.52 Å². The molecule has 0 aliphatic heterocycles. The molecule has 0 aliphatic rings. The Morgan fingerprint density at radius 3 is 2.82 bits per heavy atom. The lowest BCUT2D eigenvalue weighted by atomic mass is 10.1. The number of benzene rings is 1. The summed E-state index contributed by atoms with van der Waals surface area (Å²) in [7, 11) is 0. The third-order valence-electron chi connectivity index (χ3n) is 3.07. The summed E-state index contributed by atoms with van der Waals surface area (Å²) in [5, 5.41) is 7.09. The van der Waals surface area contributed by atoms with Crippen LogP contribution in [-0.2, 0) is 19.5 Å². The molecule has 0 saturated heterocycles. The van der Waals surface area contributed by atoms with Gasteiger partial charge in [-0.25, -0.2) is 9.97 Å². The Kier molecular flexibility index (Phi) is 4.35. The Labute approximate surface area is 127 Å². The van der Waals surface area contributed by atoms with Crippen molar-refractivity contribution in [2.45, 2.75) is 19.5 Å². The average Bonchev–Trinajstić information content (AvgIpc) is 3.01. The van der Waals surface area contributed by atoms with Crippen LogP contribution in [0.4, 0.5) is 5.82 Å². The van der Waals surface area contributed by atoms with E-state index in [1.807, 2.05) is 30.3 Å². The molecule has 0 radical (unpaired) electrons. The molecule has 0 aliphatic carbocycles. The predicted molar refractivity (Wildman–Crippen MR) is 80.8 cm³/mol. The second-order valence-corrected chi connectivity index (χ2v) is 4.72. The molecule has 2 aromatic heterocycles. The van der Waals surface area contributed by atoms with Gasteiger partial charge in [-0.2, -0.15) is 4.98 Å². The highest BCUT2D eigenvalue weighted by molar-refractivity contribution is 5.34. The maximum absolute atomic E-state index is 5.54. The molecule has 3 rings (SSSR count). The normalized spacial score (nSPS) is 10.6. The minimum Gasteiger partial charge on any atom is -0.361 e. The quantitative estimate of drug-likeness (QED) is 0.710. The highest BCUT2D eigenvalue weighted by Gasteiger charge is 2.07. The molecule has 0 spiro atoms. The van der Waals surface area contributed by atoms with Crippen molar-refractivity contribution in [3.05, 3.63) is 65.7 Å². The molecule has 7 heteroatoms. The highest BCUT2D eigenvalue weighted by atomic mass is 16.5. The molecular formula is C15H16N6O. The molecule has 7 nitrogen and oxygen atoms in total. The van der Waals surface area contributed by atoms with Crippen molar-refractivity contribution in [2.75, 3.05) is 5.32 Å². The van der Waals surface area contributed by atoms with E-state index >= 15 is 0 Å². The molecule has 0 saturated carbocycles. The predicted octanol–water partition coefficient (Wildman–Crippen LogP) is 1.52. The summed E-state index contributed by atoms with van der Waals surface area (Å²) in [6, 6.07) is 11.8. The Hall–Kier alpha value is -2.80. The van der Waals surface area contributed by atoms with Gasteiger partial charge in [0.05, 0.1) is 12.2 Å². The number of hydrogen-bond acceptors (Lipinski definition) is 7. The van der Waals surface area contributed by atoms with Crippen molar-refractivity contribution in [3.8, 4) is 0 Å². The second kappa shape index (κ2) is 6.77. The molecule has 0 amide bonds. The summed E-state index contributed by atoms with van der Waals surface area (Å²) in [6.45, 7) is 0.780. The SMILES string of the molecule is NCc1cc(NCc2nc(Cc3ccccc3)no2)ncn1. The van der Waals surface area contributed by atoms with Gasteiger partial charge in [-0.05, 0) is 5.56 Å². The van der Waals surface area contributed by atoms with Crippen LogP contribution in [0.5, 0.6) is 0 Å². The summed E-state index contributed by atoms with van der Waals surface area (Å²) in [4.78, 5) is 12.5. The van der Waals surface area contributed by atoms with Gasteiger partial charge in [-0.3, -0.25) is 0 Å². The van der Waals surface area contributed by atoms with E-state index in [0.29, 0.717) is 37.0 Å². The molecule has 0 fully saturated rings. The number of nitrogens with zero attached hydrogens (tertiary/aromatic N) is 4. The van der Waals surface area contributed by atoms with Crippen molar-refractivity contribution in [1.29, 1.82) is 0 Å². The van der Waals surface area contributed by atoms with E-state index in [9.17, 15) is 0 Å². The molecule has 3 N–H and O–H groups in total. The van der Waals surface area contributed by atoms with Crippen LogP contribution in [0.15, 0.2) is 47.2 Å². The number of anilines is 1. The van der Waals surface area contributed by atoms with Crippen LogP contribution in [-0.4, -0.2) is 20.1 Å². The van der Waals surface area contributed by atoms with Gasteiger partial charge in [0.15, 0.2) is 5.82 Å². The van der Waals surface area contributed by atoms with E-state index in [1.54, 1.807) is 6.07 Å². The zero-order chi connectivity index (χ0) is 15.2.